The fourth-order valence-electron chi connectivity index (χ4n) is 4.59. The fraction of sp³-hybridized carbons (Fsp3) is 0.690. The van der Waals surface area contributed by atoms with E-state index < -0.39 is 0 Å². The standard InChI is InChI=1S/C29H49N2/c1-3-5-7-9-10-11-13-18-24-30-26-27-31(29(30)23-17-12-8-6-4-2)25-19-22-28-20-15-14-16-21-28/h14-16,20-21,26-27H,3-13,17-19,22-25H2,1-2H3/q+1. The molecular weight excluding hydrogens is 376 g/mol. The van der Waals surface area contributed by atoms with Crippen LogP contribution < -0.4 is 4.57 Å². The highest BCUT2D eigenvalue weighted by molar-refractivity contribution is 5.14. The van der Waals surface area contributed by atoms with Crippen LogP contribution in [0.3, 0.4) is 0 Å². The number of aryl methyl sites for hydroxylation is 3. The van der Waals surface area contributed by atoms with E-state index in [1.807, 2.05) is 0 Å². The Bertz CT molecular complexity index is 659. The number of hydrogen-bond acceptors (Lipinski definition) is 0. The molecular formula is C29H49N2+. The molecule has 2 aromatic rings. The van der Waals surface area contributed by atoms with Gasteiger partial charge < -0.3 is 0 Å². The smallest absolute Gasteiger partial charge is 0.234 e. The van der Waals surface area contributed by atoms with Crippen LogP contribution in [0, 0.1) is 0 Å². The van der Waals surface area contributed by atoms with E-state index in [-0.39, 0.29) is 0 Å². The molecule has 1 heterocycles. The highest BCUT2D eigenvalue weighted by atomic mass is 15.1. The predicted octanol–water partition coefficient (Wildman–Crippen LogP) is 8.06. The van der Waals surface area contributed by atoms with Crippen LogP contribution in [0.25, 0.3) is 0 Å². The molecule has 0 N–H and O–H groups in total. The van der Waals surface area contributed by atoms with Crippen LogP contribution in [0.2, 0.25) is 0 Å². The van der Waals surface area contributed by atoms with Crippen molar-refractivity contribution in [3.63, 3.8) is 0 Å². The van der Waals surface area contributed by atoms with Gasteiger partial charge in [-0.3, -0.25) is 0 Å². The predicted molar refractivity (Wildman–Crippen MR) is 134 cm³/mol. The lowest BCUT2D eigenvalue weighted by Crippen LogP contribution is -2.37. The van der Waals surface area contributed by atoms with Crippen LogP contribution in [0.4, 0.5) is 0 Å². The van der Waals surface area contributed by atoms with Crippen molar-refractivity contribution in [1.29, 1.82) is 0 Å². The quantitative estimate of drug-likeness (QED) is 0.159. The summed E-state index contributed by atoms with van der Waals surface area (Å²) in [5.74, 6) is 1.56. The van der Waals surface area contributed by atoms with Gasteiger partial charge in [-0.2, -0.15) is 0 Å². The Hall–Kier alpha value is -1.57. The highest BCUT2D eigenvalue weighted by Gasteiger charge is 2.16. The van der Waals surface area contributed by atoms with Crippen LogP contribution in [0.5, 0.6) is 0 Å². The van der Waals surface area contributed by atoms with E-state index >= 15 is 0 Å². The van der Waals surface area contributed by atoms with Gasteiger partial charge in [0.15, 0.2) is 0 Å². The summed E-state index contributed by atoms with van der Waals surface area (Å²) < 4.78 is 5.12. The molecule has 0 amide bonds. The summed E-state index contributed by atoms with van der Waals surface area (Å²) in [6.45, 7) is 6.94. The van der Waals surface area contributed by atoms with E-state index in [9.17, 15) is 0 Å². The third kappa shape index (κ3) is 11.0. The molecule has 0 saturated carbocycles. The molecule has 31 heavy (non-hydrogen) atoms. The van der Waals surface area contributed by atoms with Crippen LogP contribution in [-0.4, -0.2) is 4.57 Å². The van der Waals surface area contributed by atoms with Crippen molar-refractivity contribution in [1.82, 2.24) is 4.57 Å². The molecule has 0 fully saturated rings. The summed E-state index contributed by atoms with van der Waals surface area (Å²) in [6.07, 6.45) is 26.3. The van der Waals surface area contributed by atoms with E-state index in [1.54, 1.807) is 5.82 Å². The van der Waals surface area contributed by atoms with Crippen molar-refractivity contribution < 1.29 is 4.57 Å². The Balaban J connectivity index is 1.79. The summed E-state index contributed by atoms with van der Waals surface area (Å²) >= 11 is 0. The average Bonchev–Trinajstić information content (AvgIpc) is 3.17. The van der Waals surface area contributed by atoms with E-state index in [4.69, 9.17) is 0 Å². The van der Waals surface area contributed by atoms with Crippen molar-refractivity contribution in [2.24, 2.45) is 0 Å². The van der Waals surface area contributed by atoms with E-state index in [1.165, 1.54) is 115 Å². The molecule has 0 spiro atoms. The van der Waals surface area contributed by atoms with Gasteiger partial charge in [0.1, 0.15) is 12.4 Å². The summed E-state index contributed by atoms with van der Waals surface area (Å²) in [5, 5.41) is 0. The molecule has 0 saturated heterocycles. The second-order valence-corrected chi connectivity index (χ2v) is 9.33. The Kier molecular flexibility index (Phi) is 14.1. The molecule has 0 aliphatic rings. The zero-order chi connectivity index (χ0) is 22.0. The maximum atomic E-state index is 2.57. The number of hydrogen-bond donors (Lipinski definition) is 0. The average molecular weight is 426 g/mol. The molecule has 0 aliphatic heterocycles. The lowest BCUT2D eigenvalue weighted by molar-refractivity contribution is -0.704. The fourth-order valence-corrected chi connectivity index (χ4v) is 4.59. The molecule has 0 unspecified atom stereocenters. The zero-order valence-corrected chi connectivity index (χ0v) is 20.7. The van der Waals surface area contributed by atoms with Gasteiger partial charge in [-0.25, -0.2) is 9.13 Å². The first-order valence-electron chi connectivity index (χ1n) is 13.5. The maximum Gasteiger partial charge on any atom is 0.256 e. The first-order valence-corrected chi connectivity index (χ1v) is 13.5. The molecule has 0 aliphatic carbocycles. The molecule has 0 atom stereocenters. The Morgan fingerprint density at radius 1 is 0.645 bits per heavy atom. The Morgan fingerprint density at radius 3 is 1.94 bits per heavy atom. The number of aromatic nitrogens is 2. The summed E-state index contributed by atoms with van der Waals surface area (Å²) in [4.78, 5) is 0. The minimum absolute atomic E-state index is 1.14. The van der Waals surface area contributed by atoms with Crippen LogP contribution in [0.15, 0.2) is 42.7 Å². The molecule has 2 heteroatoms. The normalized spacial score (nSPS) is 11.3. The molecule has 2 nitrogen and oxygen atoms in total. The molecule has 1 aromatic carbocycles. The number of benzene rings is 1. The minimum atomic E-state index is 1.14. The van der Waals surface area contributed by atoms with Crippen molar-refractivity contribution >= 4 is 0 Å². The monoisotopic (exact) mass is 425 g/mol. The Morgan fingerprint density at radius 2 is 1.26 bits per heavy atom. The molecule has 1 aromatic heterocycles. The third-order valence-electron chi connectivity index (χ3n) is 6.55. The van der Waals surface area contributed by atoms with Crippen LogP contribution in [0.1, 0.15) is 115 Å². The SMILES string of the molecule is CCCCCCCCCCn1cc[n+](CCCc2ccccc2)c1CCCCCCC. The summed E-state index contributed by atoms with van der Waals surface area (Å²) in [5.41, 5.74) is 1.46. The second-order valence-electron chi connectivity index (χ2n) is 9.33. The Labute approximate surface area is 193 Å². The lowest BCUT2D eigenvalue weighted by Gasteiger charge is -2.07. The first-order chi connectivity index (χ1) is 15.3. The maximum absolute atomic E-state index is 2.57. The van der Waals surface area contributed by atoms with Gasteiger partial charge in [0.2, 0.25) is 0 Å². The second kappa shape index (κ2) is 17.0. The number of rotatable bonds is 19. The van der Waals surface area contributed by atoms with E-state index in [0.29, 0.717) is 0 Å². The molecule has 0 radical (unpaired) electrons. The summed E-state index contributed by atoms with van der Waals surface area (Å²) in [6, 6.07) is 10.9. The van der Waals surface area contributed by atoms with E-state index in [0.717, 1.165) is 6.54 Å². The first kappa shape index (κ1) is 25.7. The van der Waals surface area contributed by atoms with Crippen molar-refractivity contribution in [2.75, 3.05) is 0 Å². The molecule has 2 rings (SSSR count). The minimum Gasteiger partial charge on any atom is -0.234 e. The van der Waals surface area contributed by atoms with Crippen molar-refractivity contribution in [3.8, 4) is 0 Å². The third-order valence-corrected chi connectivity index (χ3v) is 6.55. The van der Waals surface area contributed by atoms with Crippen molar-refractivity contribution in [3.05, 3.63) is 54.1 Å². The van der Waals surface area contributed by atoms with Crippen LogP contribution in [-0.2, 0) is 25.9 Å². The zero-order valence-electron chi connectivity index (χ0n) is 20.7. The van der Waals surface area contributed by atoms with Gasteiger partial charge in [-0.1, -0.05) is 108 Å². The van der Waals surface area contributed by atoms with Gasteiger partial charge in [-0.15, -0.1) is 0 Å². The van der Waals surface area contributed by atoms with Gasteiger partial charge in [0, 0.05) is 6.42 Å². The molecule has 0 bridgehead atoms. The van der Waals surface area contributed by atoms with Gasteiger partial charge >= 0.3 is 0 Å². The highest BCUT2D eigenvalue weighted by Crippen LogP contribution is 2.12. The number of imidazole rings is 1. The van der Waals surface area contributed by atoms with Gasteiger partial charge in [0.25, 0.3) is 5.82 Å². The van der Waals surface area contributed by atoms with Crippen LogP contribution >= 0.6 is 0 Å². The van der Waals surface area contributed by atoms with Crippen molar-refractivity contribution in [2.45, 2.75) is 130 Å². The topological polar surface area (TPSA) is 8.81 Å². The molecule has 174 valence electrons. The lowest BCUT2D eigenvalue weighted by atomic mass is 10.1. The largest absolute Gasteiger partial charge is 0.256 e. The van der Waals surface area contributed by atoms with Gasteiger partial charge in [-0.05, 0) is 37.7 Å². The van der Waals surface area contributed by atoms with E-state index in [2.05, 4.69) is 65.7 Å². The number of unbranched alkanes of at least 4 members (excludes halogenated alkanes) is 11. The summed E-state index contributed by atoms with van der Waals surface area (Å²) in [7, 11) is 0. The van der Waals surface area contributed by atoms with Gasteiger partial charge in [0.05, 0.1) is 13.1 Å². The number of nitrogens with zero attached hydrogens (tertiary/aromatic N) is 2.